The van der Waals surface area contributed by atoms with Crippen molar-refractivity contribution in [2.24, 2.45) is 0 Å². The summed E-state index contributed by atoms with van der Waals surface area (Å²) in [4.78, 5) is 12.8. The zero-order chi connectivity index (χ0) is 13.9. The monoisotopic (exact) mass is 273 g/mol. The topological polar surface area (TPSA) is 79.2 Å². The predicted octanol–water partition coefficient (Wildman–Crippen LogP) is 0.0919. The number of likely N-dealkylation sites (N-methyl/N-ethyl adjacent to an activating group) is 1. The fraction of sp³-hybridized carbons (Fsp3) is 0.923. The highest BCUT2D eigenvalue weighted by Crippen LogP contribution is 2.24. The minimum Gasteiger partial charge on any atom is -0.479 e. The molecule has 6 nitrogen and oxygen atoms in total. The smallest absolute Gasteiger partial charge is 0.332 e. The number of carbonyl (C=O) groups is 1. The first kappa shape index (κ1) is 14.7. The lowest BCUT2D eigenvalue weighted by molar-refractivity contribution is -0.150. The maximum atomic E-state index is 10.8. The molecule has 110 valence electrons. The Morgan fingerprint density at radius 3 is 2.63 bits per heavy atom. The summed E-state index contributed by atoms with van der Waals surface area (Å²) in [5.74, 6) is -0.881. The third-order valence-corrected chi connectivity index (χ3v) is 3.89. The Kier molecular flexibility index (Phi) is 4.78. The van der Waals surface area contributed by atoms with Crippen molar-refractivity contribution >= 4 is 5.97 Å². The second-order valence-electron chi connectivity index (χ2n) is 5.70. The quantitative estimate of drug-likeness (QED) is 0.739. The first-order chi connectivity index (χ1) is 8.98. The van der Waals surface area contributed by atoms with Crippen LogP contribution in [0.25, 0.3) is 0 Å². The van der Waals surface area contributed by atoms with Gasteiger partial charge in [-0.3, -0.25) is 0 Å². The van der Waals surface area contributed by atoms with Gasteiger partial charge in [-0.15, -0.1) is 0 Å². The number of aliphatic hydroxyl groups is 1. The molecule has 0 aliphatic carbocycles. The van der Waals surface area contributed by atoms with E-state index in [4.69, 9.17) is 14.6 Å². The highest BCUT2D eigenvalue weighted by Gasteiger charge is 2.34. The Bertz CT molecular complexity index is 316. The normalized spacial score (nSPS) is 30.7. The molecule has 0 bridgehead atoms. The lowest BCUT2D eigenvalue weighted by Crippen LogP contribution is -2.47. The molecule has 19 heavy (non-hydrogen) atoms. The first-order valence-corrected chi connectivity index (χ1v) is 6.85. The van der Waals surface area contributed by atoms with Gasteiger partial charge in [-0.2, -0.15) is 0 Å². The Hall–Kier alpha value is -0.690. The van der Waals surface area contributed by atoms with E-state index < -0.39 is 17.7 Å². The molecular weight excluding hydrogens is 250 g/mol. The Morgan fingerprint density at radius 2 is 2.05 bits per heavy atom. The highest BCUT2D eigenvalue weighted by molar-refractivity contribution is 5.72. The van der Waals surface area contributed by atoms with Crippen LogP contribution in [0, 0.1) is 0 Å². The van der Waals surface area contributed by atoms with Crippen molar-refractivity contribution in [3.8, 4) is 0 Å². The van der Waals surface area contributed by atoms with Crippen molar-refractivity contribution in [1.82, 2.24) is 4.90 Å². The molecule has 2 saturated heterocycles. The van der Waals surface area contributed by atoms with Gasteiger partial charge in [0.2, 0.25) is 0 Å². The number of carboxylic acids is 1. The lowest BCUT2D eigenvalue weighted by Gasteiger charge is -2.36. The van der Waals surface area contributed by atoms with Crippen molar-refractivity contribution in [2.45, 2.75) is 43.5 Å². The van der Waals surface area contributed by atoms with E-state index in [0.717, 1.165) is 6.42 Å². The lowest BCUT2D eigenvalue weighted by atomic mass is 9.94. The average molecular weight is 273 g/mol. The van der Waals surface area contributed by atoms with E-state index in [9.17, 15) is 9.90 Å². The molecule has 0 amide bonds. The second-order valence-corrected chi connectivity index (χ2v) is 5.70. The summed E-state index contributed by atoms with van der Waals surface area (Å²) in [6.07, 6.45) is 1.94. The maximum Gasteiger partial charge on any atom is 0.332 e. The van der Waals surface area contributed by atoms with Crippen LogP contribution < -0.4 is 0 Å². The molecule has 2 atom stereocenters. The average Bonchev–Trinajstić information content (AvgIpc) is 2.77. The Labute approximate surface area is 113 Å². The summed E-state index contributed by atoms with van der Waals surface area (Å²) in [5.41, 5.74) is -0.683. The maximum absolute atomic E-state index is 10.8. The highest BCUT2D eigenvalue weighted by atomic mass is 16.5. The molecule has 0 saturated carbocycles. The largest absolute Gasteiger partial charge is 0.479 e. The zero-order valence-corrected chi connectivity index (χ0v) is 11.4. The summed E-state index contributed by atoms with van der Waals surface area (Å²) < 4.78 is 10.7. The van der Waals surface area contributed by atoms with E-state index in [0.29, 0.717) is 45.6 Å². The third-order valence-electron chi connectivity index (χ3n) is 3.89. The molecule has 0 spiro atoms. The molecule has 2 rings (SSSR count). The van der Waals surface area contributed by atoms with Gasteiger partial charge in [-0.25, -0.2) is 4.79 Å². The van der Waals surface area contributed by atoms with E-state index in [2.05, 4.69) is 0 Å². The standard InChI is InChI=1S/C13H23NO5/c1-14(9-13(17)4-6-18-7-5-13)8-10-2-3-11(19-10)12(15)16/h10-11,17H,2-9H2,1H3,(H,15,16). The van der Waals surface area contributed by atoms with Gasteiger partial charge in [-0.05, 0) is 19.9 Å². The van der Waals surface area contributed by atoms with Crippen LogP contribution in [0.4, 0.5) is 0 Å². The van der Waals surface area contributed by atoms with Crippen LogP contribution in [-0.4, -0.2) is 72.2 Å². The number of hydrogen-bond donors (Lipinski definition) is 2. The van der Waals surface area contributed by atoms with Crippen molar-refractivity contribution in [3.05, 3.63) is 0 Å². The zero-order valence-electron chi connectivity index (χ0n) is 11.4. The molecule has 2 aliphatic rings. The van der Waals surface area contributed by atoms with Crippen molar-refractivity contribution in [2.75, 3.05) is 33.4 Å². The van der Waals surface area contributed by atoms with Crippen LogP contribution in [0.5, 0.6) is 0 Å². The van der Waals surface area contributed by atoms with Crippen LogP contribution in [0.2, 0.25) is 0 Å². The number of nitrogens with zero attached hydrogens (tertiary/aromatic N) is 1. The van der Waals surface area contributed by atoms with E-state index in [1.807, 2.05) is 11.9 Å². The van der Waals surface area contributed by atoms with Crippen molar-refractivity contribution < 1.29 is 24.5 Å². The van der Waals surface area contributed by atoms with Gasteiger partial charge in [0, 0.05) is 39.1 Å². The minimum atomic E-state index is -0.881. The molecule has 2 fully saturated rings. The molecule has 2 unspecified atom stereocenters. The number of carboxylic acid groups (broad SMARTS) is 1. The number of ether oxygens (including phenoxy) is 2. The van der Waals surface area contributed by atoms with E-state index in [1.165, 1.54) is 0 Å². The van der Waals surface area contributed by atoms with Gasteiger partial charge >= 0.3 is 5.97 Å². The predicted molar refractivity (Wildman–Crippen MR) is 68.0 cm³/mol. The van der Waals surface area contributed by atoms with Crippen molar-refractivity contribution in [1.29, 1.82) is 0 Å². The van der Waals surface area contributed by atoms with Crippen LogP contribution in [0.15, 0.2) is 0 Å². The molecule has 2 heterocycles. The molecule has 0 aromatic carbocycles. The summed E-state index contributed by atoms with van der Waals surface area (Å²) in [6, 6.07) is 0. The van der Waals surface area contributed by atoms with Crippen LogP contribution in [0.3, 0.4) is 0 Å². The molecule has 2 aliphatic heterocycles. The third kappa shape index (κ3) is 4.14. The summed E-state index contributed by atoms with van der Waals surface area (Å²) >= 11 is 0. The molecule has 0 aromatic heterocycles. The molecular formula is C13H23NO5. The molecule has 2 N–H and O–H groups in total. The van der Waals surface area contributed by atoms with Gasteiger partial charge in [-0.1, -0.05) is 0 Å². The summed E-state index contributed by atoms with van der Waals surface area (Å²) in [7, 11) is 1.94. The van der Waals surface area contributed by atoms with Crippen LogP contribution in [-0.2, 0) is 14.3 Å². The summed E-state index contributed by atoms with van der Waals surface area (Å²) in [5, 5.41) is 19.3. The van der Waals surface area contributed by atoms with Crippen molar-refractivity contribution in [3.63, 3.8) is 0 Å². The number of hydrogen-bond acceptors (Lipinski definition) is 5. The fourth-order valence-electron chi connectivity index (χ4n) is 2.85. The fourth-order valence-corrected chi connectivity index (χ4v) is 2.85. The number of rotatable bonds is 5. The van der Waals surface area contributed by atoms with Gasteiger partial charge in [0.05, 0.1) is 11.7 Å². The van der Waals surface area contributed by atoms with E-state index in [1.54, 1.807) is 0 Å². The Morgan fingerprint density at radius 1 is 1.37 bits per heavy atom. The number of aliphatic carboxylic acids is 1. The second kappa shape index (κ2) is 6.17. The Balaban J connectivity index is 1.75. The minimum absolute atomic E-state index is 0.0467. The molecule has 0 aromatic rings. The van der Waals surface area contributed by atoms with Gasteiger partial charge in [0.15, 0.2) is 6.10 Å². The summed E-state index contributed by atoms with van der Waals surface area (Å²) in [6.45, 7) is 2.44. The van der Waals surface area contributed by atoms with Gasteiger partial charge in [0.25, 0.3) is 0 Å². The first-order valence-electron chi connectivity index (χ1n) is 6.85. The van der Waals surface area contributed by atoms with Gasteiger partial charge < -0.3 is 24.6 Å². The van der Waals surface area contributed by atoms with E-state index in [-0.39, 0.29) is 6.10 Å². The van der Waals surface area contributed by atoms with Crippen LogP contribution in [0.1, 0.15) is 25.7 Å². The molecule has 6 heteroatoms. The molecule has 0 radical (unpaired) electrons. The van der Waals surface area contributed by atoms with E-state index >= 15 is 0 Å². The van der Waals surface area contributed by atoms with Gasteiger partial charge in [0.1, 0.15) is 0 Å². The van der Waals surface area contributed by atoms with Crippen LogP contribution >= 0.6 is 0 Å². The SMILES string of the molecule is CN(CC1CCC(C(=O)O)O1)CC1(O)CCOCC1.